The Morgan fingerprint density at radius 2 is 0.917 bits per heavy atom. The minimum Gasteiger partial charge on any atom is -1.00 e. The van der Waals surface area contributed by atoms with Crippen molar-refractivity contribution >= 4 is 0 Å². The summed E-state index contributed by atoms with van der Waals surface area (Å²) in [5, 5.41) is 0. The molecule has 0 saturated heterocycles. The molecule has 0 saturated carbocycles. The van der Waals surface area contributed by atoms with E-state index in [0.717, 1.165) is 6.54 Å². The average molecular weight is 474 g/mol. The Labute approximate surface area is 174 Å². The molecule has 1 atom stereocenters. The second kappa shape index (κ2) is 26.1. The lowest BCUT2D eigenvalue weighted by molar-refractivity contribution is -0.898. The first-order valence-corrected chi connectivity index (χ1v) is 10.5. The molecule has 0 spiro atoms. The van der Waals surface area contributed by atoms with Crippen molar-refractivity contribution in [2.75, 3.05) is 26.2 Å². The summed E-state index contributed by atoms with van der Waals surface area (Å²) < 4.78 is 0. The highest BCUT2D eigenvalue weighted by atomic mass is 79.9. The summed E-state index contributed by atoms with van der Waals surface area (Å²) in [6, 6.07) is 0. The van der Waals surface area contributed by atoms with E-state index in [1.807, 2.05) is 4.90 Å². The molecule has 0 rings (SSSR count). The molecule has 1 unspecified atom stereocenters. The van der Waals surface area contributed by atoms with Crippen molar-refractivity contribution in [2.45, 2.75) is 104 Å². The van der Waals surface area contributed by atoms with E-state index in [1.165, 1.54) is 110 Å². The van der Waals surface area contributed by atoms with Gasteiger partial charge in [-0.05, 0) is 45.4 Å². The SMILES string of the molecule is CCCCCCCCCCCC[NH+](CC)CCCCCC[NH3+].[Br-].[Br-]. The van der Waals surface area contributed by atoms with Gasteiger partial charge >= 0.3 is 0 Å². The first kappa shape index (κ1) is 29.6. The van der Waals surface area contributed by atoms with Crippen LogP contribution in [-0.2, 0) is 0 Å². The smallest absolute Gasteiger partial charge is 0.0770 e. The van der Waals surface area contributed by atoms with Gasteiger partial charge in [-0.2, -0.15) is 0 Å². The maximum atomic E-state index is 3.92. The fraction of sp³-hybridized carbons (Fsp3) is 1.00. The van der Waals surface area contributed by atoms with Crippen LogP contribution in [0, 0.1) is 0 Å². The van der Waals surface area contributed by atoms with E-state index >= 15 is 0 Å². The summed E-state index contributed by atoms with van der Waals surface area (Å²) >= 11 is 0. The number of hydrogen-bond donors (Lipinski definition) is 2. The fourth-order valence-corrected chi connectivity index (χ4v) is 3.25. The van der Waals surface area contributed by atoms with Crippen LogP contribution < -0.4 is 44.6 Å². The summed E-state index contributed by atoms with van der Waals surface area (Å²) in [7, 11) is 0. The normalized spacial score (nSPS) is 11.6. The number of quaternary nitrogens is 2. The highest BCUT2D eigenvalue weighted by Crippen LogP contribution is 2.10. The summed E-state index contributed by atoms with van der Waals surface area (Å²) in [4.78, 5) is 1.83. The molecule has 0 amide bonds. The van der Waals surface area contributed by atoms with Gasteiger partial charge in [-0.15, -0.1) is 0 Å². The molecular weight excluding hydrogens is 428 g/mol. The molecule has 0 aliphatic heterocycles. The van der Waals surface area contributed by atoms with E-state index in [9.17, 15) is 0 Å². The van der Waals surface area contributed by atoms with Crippen LogP contribution in [0.4, 0.5) is 0 Å². The molecule has 0 bridgehead atoms. The van der Waals surface area contributed by atoms with Crippen LogP contribution in [0.15, 0.2) is 0 Å². The maximum absolute atomic E-state index is 3.92. The molecule has 0 radical (unpaired) electrons. The van der Waals surface area contributed by atoms with Crippen LogP contribution in [-0.4, -0.2) is 26.2 Å². The highest BCUT2D eigenvalue weighted by molar-refractivity contribution is 4.47. The fourth-order valence-electron chi connectivity index (χ4n) is 3.25. The molecule has 0 heterocycles. The standard InChI is InChI=1S/C20H44N2.2BrH/c1-3-5-6-7-8-9-10-11-13-16-19-22(4-2)20-17-14-12-15-18-21;;/h3-21H2,1-2H3;2*1H. The number of halogens is 2. The minimum atomic E-state index is 0. The van der Waals surface area contributed by atoms with E-state index < -0.39 is 0 Å². The zero-order valence-electron chi connectivity index (χ0n) is 16.7. The van der Waals surface area contributed by atoms with Gasteiger partial charge in [0.2, 0.25) is 0 Å². The van der Waals surface area contributed by atoms with Crippen LogP contribution in [0.3, 0.4) is 0 Å². The topological polar surface area (TPSA) is 32.1 Å². The van der Waals surface area contributed by atoms with Gasteiger partial charge in [0, 0.05) is 0 Å². The maximum Gasteiger partial charge on any atom is 0.0770 e. The molecule has 4 heteroatoms. The molecular formula is C20H46Br2N2. The van der Waals surface area contributed by atoms with Gasteiger partial charge in [-0.1, -0.05) is 58.3 Å². The first-order chi connectivity index (χ1) is 10.8. The first-order valence-electron chi connectivity index (χ1n) is 10.5. The Balaban J connectivity index is -0.00000220. The van der Waals surface area contributed by atoms with Gasteiger partial charge in [0.25, 0.3) is 0 Å². The zero-order valence-corrected chi connectivity index (χ0v) is 19.9. The summed E-state index contributed by atoms with van der Waals surface area (Å²) in [6.45, 7) is 9.87. The van der Waals surface area contributed by atoms with Crippen molar-refractivity contribution in [1.82, 2.24) is 0 Å². The van der Waals surface area contributed by atoms with Gasteiger partial charge in [-0.25, -0.2) is 0 Å². The van der Waals surface area contributed by atoms with Crippen molar-refractivity contribution in [3.05, 3.63) is 0 Å². The Hall–Kier alpha value is 0.880. The predicted molar refractivity (Wildman–Crippen MR) is 99.3 cm³/mol. The molecule has 0 aromatic rings. The summed E-state index contributed by atoms with van der Waals surface area (Å²) in [5.74, 6) is 0. The van der Waals surface area contributed by atoms with Crippen LogP contribution in [0.1, 0.15) is 104 Å². The number of rotatable bonds is 18. The van der Waals surface area contributed by atoms with E-state index in [0.29, 0.717) is 0 Å². The van der Waals surface area contributed by atoms with E-state index in [2.05, 4.69) is 19.6 Å². The molecule has 24 heavy (non-hydrogen) atoms. The van der Waals surface area contributed by atoms with Crippen molar-refractivity contribution in [2.24, 2.45) is 0 Å². The van der Waals surface area contributed by atoms with Crippen molar-refractivity contribution in [3.63, 3.8) is 0 Å². The van der Waals surface area contributed by atoms with Crippen LogP contribution in [0.25, 0.3) is 0 Å². The van der Waals surface area contributed by atoms with E-state index in [4.69, 9.17) is 0 Å². The molecule has 4 N–H and O–H groups in total. The predicted octanol–water partition coefficient (Wildman–Crippen LogP) is -2.38. The van der Waals surface area contributed by atoms with Crippen molar-refractivity contribution in [1.29, 1.82) is 0 Å². The quantitative estimate of drug-likeness (QED) is 0.208. The van der Waals surface area contributed by atoms with Gasteiger partial charge < -0.3 is 44.6 Å². The molecule has 150 valence electrons. The number of unbranched alkanes of at least 4 members (excludes halogenated alkanes) is 12. The lowest BCUT2D eigenvalue weighted by Crippen LogP contribution is -3.11. The van der Waals surface area contributed by atoms with Crippen LogP contribution in [0.5, 0.6) is 0 Å². The second-order valence-electron chi connectivity index (χ2n) is 7.05. The number of nitrogens with one attached hydrogen (secondary N) is 1. The Kier molecular flexibility index (Phi) is 32.2. The highest BCUT2D eigenvalue weighted by Gasteiger charge is 2.04. The van der Waals surface area contributed by atoms with Gasteiger partial charge in [0.15, 0.2) is 0 Å². The van der Waals surface area contributed by atoms with Crippen LogP contribution >= 0.6 is 0 Å². The molecule has 0 aromatic heterocycles. The number of hydrogen-bond acceptors (Lipinski definition) is 0. The minimum absolute atomic E-state index is 0. The zero-order chi connectivity index (χ0) is 16.3. The molecule has 0 aliphatic carbocycles. The molecule has 0 aromatic carbocycles. The third-order valence-corrected chi connectivity index (χ3v) is 4.91. The lowest BCUT2D eigenvalue weighted by Gasteiger charge is -2.17. The largest absolute Gasteiger partial charge is 1.00 e. The second-order valence-corrected chi connectivity index (χ2v) is 7.05. The molecule has 0 fully saturated rings. The van der Waals surface area contributed by atoms with E-state index in [-0.39, 0.29) is 34.0 Å². The van der Waals surface area contributed by atoms with Crippen LogP contribution in [0.2, 0.25) is 0 Å². The third kappa shape index (κ3) is 22.9. The van der Waals surface area contributed by atoms with Gasteiger partial charge in [0.05, 0.1) is 26.2 Å². The summed E-state index contributed by atoms with van der Waals surface area (Å²) in [5.41, 5.74) is 3.92. The molecule has 2 nitrogen and oxygen atoms in total. The average Bonchev–Trinajstić information content (AvgIpc) is 2.54. The van der Waals surface area contributed by atoms with Gasteiger partial charge in [-0.3, -0.25) is 0 Å². The Morgan fingerprint density at radius 1 is 0.542 bits per heavy atom. The lowest BCUT2D eigenvalue weighted by atomic mass is 10.1. The molecule has 0 aliphatic rings. The van der Waals surface area contributed by atoms with Crippen molar-refractivity contribution < 1.29 is 44.6 Å². The Bertz CT molecular complexity index is 204. The van der Waals surface area contributed by atoms with E-state index in [1.54, 1.807) is 0 Å². The monoisotopic (exact) mass is 472 g/mol. The third-order valence-electron chi connectivity index (χ3n) is 4.91. The van der Waals surface area contributed by atoms with Gasteiger partial charge in [0.1, 0.15) is 0 Å². The van der Waals surface area contributed by atoms with Crippen molar-refractivity contribution in [3.8, 4) is 0 Å². The Morgan fingerprint density at radius 3 is 1.29 bits per heavy atom. The summed E-state index contributed by atoms with van der Waals surface area (Å²) in [6.07, 6.45) is 20.0.